The molecule has 232 valence electrons. The molecule has 2 unspecified atom stereocenters. The van der Waals surface area contributed by atoms with Crippen molar-refractivity contribution in [3.8, 4) is 5.88 Å². The average molecular weight is 584 g/mol. The molecule has 0 saturated heterocycles. The first-order valence-electron chi connectivity index (χ1n) is 15.9. The van der Waals surface area contributed by atoms with Gasteiger partial charge in [-0.25, -0.2) is 9.48 Å². The zero-order chi connectivity index (χ0) is 30.1. The summed E-state index contributed by atoms with van der Waals surface area (Å²) in [6, 6.07) is 0.00821. The lowest BCUT2D eigenvalue weighted by Crippen LogP contribution is -2.63. The van der Waals surface area contributed by atoms with Crippen LogP contribution in [0.1, 0.15) is 109 Å². The Morgan fingerprint density at radius 1 is 1.17 bits per heavy atom. The highest BCUT2D eigenvalue weighted by atomic mass is 16.6. The first kappa shape index (κ1) is 30.4. The molecule has 10 heteroatoms. The topological polar surface area (TPSA) is 138 Å². The van der Waals surface area contributed by atoms with Gasteiger partial charge >= 0.3 is 6.09 Å². The maximum absolute atomic E-state index is 13.7. The van der Waals surface area contributed by atoms with Crippen molar-refractivity contribution in [2.24, 2.45) is 35.3 Å². The third-order valence-electron chi connectivity index (χ3n) is 9.73. The molecule has 2 atom stereocenters. The van der Waals surface area contributed by atoms with Gasteiger partial charge in [-0.05, 0) is 88.0 Å². The number of carbonyl (C=O) groups excluding carboxylic acids is 3. The third-order valence-corrected chi connectivity index (χ3v) is 9.73. The van der Waals surface area contributed by atoms with Gasteiger partial charge < -0.3 is 25.8 Å². The van der Waals surface area contributed by atoms with E-state index in [1.807, 2.05) is 19.9 Å². The maximum Gasteiger partial charge on any atom is 0.405 e. The molecule has 6 rings (SSSR count). The molecule has 1 aromatic heterocycles. The molecule has 4 bridgehead atoms. The lowest BCUT2D eigenvalue weighted by Gasteiger charge is -2.58. The molecule has 0 radical (unpaired) electrons. The second kappa shape index (κ2) is 12.3. The summed E-state index contributed by atoms with van der Waals surface area (Å²) in [6.07, 6.45) is 15.4. The van der Waals surface area contributed by atoms with Crippen molar-refractivity contribution < 1.29 is 23.9 Å². The standard InChI is InChI=1S/C32H49N5O5/c1-20(2)19-41-29-25(18-34-37(29)12-11-31(3,4)36-26(38)10-9-21-7-5-6-8-21)28(39)35-27-23-13-22-14-24(27)17-32(15-22,16-23)42-30(33)40/h11-12,18,20-24,27H,5-10,13-17,19H2,1-4H3,(H2,33,40)(H,35,39)(H,36,38). The Labute approximate surface area is 249 Å². The number of nitrogens with two attached hydrogens (primary N) is 1. The van der Waals surface area contributed by atoms with Gasteiger partial charge in [0.15, 0.2) is 0 Å². The highest BCUT2D eigenvalue weighted by Gasteiger charge is 2.57. The van der Waals surface area contributed by atoms with E-state index in [9.17, 15) is 14.4 Å². The number of nitrogens with zero attached hydrogens (tertiary/aromatic N) is 2. The van der Waals surface area contributed by atoms with Crippen LogP contribution in [0.15, 0.2) is 12.3 Å². The Morgan fingerprint density at radius 2 is 1.86 bits per heavy atom. The van der Waals surface area contributed by atoms with Crippen LogP contribution in [-0.2, 0) is 9.53 Å². The van der Waals surface area contributed by atoms with Gasteiger partial charge in [-0.3, -0.25) is 9.59 Å². The average Bonchev–Trinajstić information content (AvgIpc) is 3.55. The van der Waals surface area contributed by atoms with E-state index in [0.29, 0.717) is 36.3 Å². The number of hydrogen-bond acceptors (Lipinski definition) is 6. The van der Waals surface area contributed by atoms with Crippen molar-refractivity contribution in [2.75, 3.05) is 6.61 Å². The highest BCUT2D eigenvalue weighted by Crippen LogP contribution is 2.57. The van der Waals surface area contributed by atoms with Gasteiger partial charge in [0, 0.05) is 18.7 Å². The first-order valence-corrected chi connectivity index (χ1v) is 15.9. The van der Waals surface area contributed by atoms with Crippen LogP contribution < -0.4 is 21.1 Å². The van der Waals surface area contributed by atoms with E-state index in [0.717, 1.165) is 38.5 Å². The van der Waals surface area contributed by atoms with Crippen LogP contribution in [0.25, 0.3) is 6.20 Å². The zero-order valence-corrected chi connectivity index (χ0v) is 25.7. The summed E-state index contributed by atoms with van der Waals surface area (Å²) in [5.74, 6) is 2.14. The molecule has 4 N–H and O–H groups in total. The third kappa shape index (κ3) is 7.11. The fourth-order valence-corrected chi connectivity index (χ4v) is 8.11. The fraction of sp³-hybridized carbons (Fsp3) is 0.750. The van der Waals surface area contributed by atoms with Gasteiger partial charge in [-0.1, -0.05) is 39.5 Å². The fourth-order valence-electron chi connectivity index (χ4n) is 8.11. The summed E-state index contributed by atoms with van der Waals surface area (Å²) in [4.78, 5) is 37.9. The van der Waals surface area contributed by atoms with E-state index < -0.39 is 17.2 Å². The van der Waals surface area contributed by atoms with Crippen molar-refractivity contribution in [3.05, 3.63) is 17.8 Å². The number of ether oxygens (including phenoxy) is 2. The molecule has 5 fully saturated rings. The molecule has 5 aliphatic carbocycles. The molecule has 5 aliphatic rings. The van der Waals surface area contributed by atoms with Crippen LogP contribution >= 0.6 is 0 Å². The predicted molar refractivity (Wildman–Crippen MR) is 160 cm³/mol. The largest absolute Gasteiger partial charge is 0.477 e. The second-order valence-corrected chi connectivity index (χ2v) is 14.4. The van der Waals surface area contributed by atoms with Crippen LogP contribution in [0.3, 0.4) is 0 Å². The molecular weight excluding hydrogens is 534 g/mol. The van der Waals surface area contributed by atoms with E-state index >= 15 is 0 Å². The molecule has 3 amide bonds. The number of nitrogens with one attached hydrogen (secondary N) is 2. The number of rotatable bonds is 12. The van der Waals surface area contributed by atoms with Gasteiger partial charge in [0.2, 0.25) is 11.8 Å². The molecule has 5 saturated carbocycles. The Morgan fingerprint density at radius 3 is 2.50 bits per heavy atom. The van der Waals surface area contributed by atoms with E-state index in [1.54, 1.807) is 17.1 Å². The second-order valence-electron chi connectivity index (χ2n) is 14.4. The summed E-state index contributed by atoms with van der Waals surface area (Å²) in [5.41, 5.74) is 4.71. The SMILES string of the molecule is CC(C)COc1c(C(=O)NC2C3CC4CC2CC(OC(N)=O)(C4)C3)cnn1C=CC(C)(C)NC(=O)CCC1CCCC1. The molecule has 42 heavy (non-hydrogen) atoms. The Kier molecular flexibility index (Phi) is 8.90. The molecular formula is C32H49N5O5. The van der Waals surface area contributed by atoms with Crippen LogP contribution in [0.2, 0.25) is 0 Å². The monoisotopic (exact) mass is 583 g/mol. The predicted octanol–water partition coefficient (Wildman–Crippen LogP) is 5.03. The van der Waals surface area contributed by atoms with E-state index in [-0.39, 0.29) is 35.6 Å². The Hall–Kier alpha value is -3.04. The minimum absolute atomic E-state index is 0.00821. The summed E-state index contributed by atoms with van der Waals surface area (Å²) >= 11 is 0. The van der Waals surface area contributed by atoms with Crippen LogP contribution in [0.4, 0.5) is 4.79 Å². The lowest BCUT2D eigenvalue weighted by molar-refractivity contribution is -0.137. The quantitative estimate of drug-likeness (QED) is 0.316. The normalized spacial score (nSPS) is 28.9. The van der Waals surface area contributed by atoms with Crippen molar-refractivity contribution in [2.45, 2.75) is 116 Å². The van der Waals surface area contributed by atoms with Crippen molar-refractivity contribution in [3.63, 3.8) is 0 Å². The smallest absolute Gasteiger partial charge is 0.405 e. The van der Waals surface area contributed by atoms with E-state index in [2.05, 4.69) is 29.6 Å². The molecule has 10 nitrogen and oxygen atoms in total. The van der Waals surface area contributed by atoms with Crippen LogP contribution in [-0.4, -0.2) is 51.5 Å². The molecule has 0 aliphatic heterocycles. The number of carbonyl (C=O) groups is 3. The Balaban J connectivity index is 1.25. The minimum atomic E-state index is -0.711. The first-order chi connectivity index (χ1) is 19.9. The molecule has 0 aromatic carbocycles. The van der Waals surface area contributed by atoms with Crippen molar-refractivity contribution >= 4 is 24.1 Å². The lowest BCUT2D eigenvalue weighted by atomic mass is 9.52. The number of aromatic nitrogens is 2. The summed E-state index contributed by atoms with van der Waals surface area (Å²) in [5, 5.41) is 10.9. The van der Waals surface area contributed by atoms with Gasteiger partial charge in [0.25, 0.3) is 5.91 Å². The van der Waals surface area contributed by atoms with E-state index in [1.165, 1.54) is 25.7 Å². The van der Waals surface area contributed by atoms with Gasteiger partial charge in [-0.15, -0.1) is 0 Å². The molecule has 1 heterocycles. The molecule has 0 spiro atoms. The highest BCUT2D eigenvalue weighted by molar-refractivity contribution is 5.96. The van der Waals surface area contributed by atoms with Crippen molar-refractivity contribution in [1.29, 1.82) is 0 Å². The van der Waals surface area contributed by atoms with Crippen molar-refractivity contribution in [1.82, 2.24) is 20.4 Å². The summed E-state index contributed by atoms with van der Waals surface area (Å²) < 4.78 is 13.3. The minimum Gasteiger partial charge on any atom is -0.477 e. The van der Waals surface area contributed by atoms with E-state index in [4.69, 9.17) is 15.2 Å². The number of amides is 3. The maximum atomic E-state index is 13.7. The number of hydrogen-bond donors (Lipinski definition) is 3. The van der Waals surface area contributed by atoms with Gasteiger partial charge in [0.05, 0.1) is 18.3 Å². The van der Waals surface area contributed by atoms with Gasteiger partial charge in [-0.2, -0.15) is 5.10 Å². The zero-order valence-electron chi connectivity index (χ0n) is 25.7. The summed E-state index contributed by atoms with van der Waals surface area (Å²) in [7, 11) is 0. The summed E-state index contributed by atoms with van der Waals surface area (Å²) in [6.45, 7) is 8.44. The van der Waals surface area contributed by atoms with Crippen LogP contribution in [0.5, 0.6) is 5.88 Å². The Bertz CT molecular complexity index is 1170. The van der Waals surface area contributed by atoms with Crippen LogP contribution in [0, 0.1) is 29.6 Å². The molecule has 1 aromatic rings. The number of primary amides is 1. The van der Waals surface area contributed by atoms with Gasteiger partial charge in [0.1, 0.15) is 11.2 Å².